The predicted molar refractivity (Wildman–Crippen MR) is 141 cm³/mol. The van der Waals surface area contributed by atoms with Gasteiger partial charge in [-0.2, -0.15) is 0 Å². The van der Waals surface area contributed by atoms with Crippen molar-refractivity contribution >= 4 is 17.3 Å². The summed E-state index contributed by atoms with van der Waals surface area (Å²) in [4.78, 5) is 30.9. The summed E-state index contributed by atoms with van der Waals surface area (Å²) in [5, 5.41) is 22.3. The van der Waals surface area contributed by atoms with Crippen LogP contribution < -0.4 is 5.32 Å². The summed E-state index contributed by atoms with van der Waals surface area (Å²) in [6.07, 6.45) is 3.22. The molecule has 4 rings (SSSR count). The minimum Gasteiger partial charge on any atom is -0.449 e. The molecule has 1 aliphatic rings. The lowest BCUT2D eigenvalue weighted by atomic mass is 9.96. The second-order valence-electron chi connectivity index (χ2n) is 10.1. The van der Waals surface area contributed by atoms with Crippen LogP contribution in [0.4, 0.5) is 5.69 Å². The Balaban J connectivity index is 1.58. The minimum atomic E-state index is -1.23. The normalized spacial score (nSPS) is 16.6. The molecule has 3 heterocycles. The summed E-state index contributed by atoms with van der Waals surface area (Å²) < 4.78 is 5.32. The van der Waals surface area contributed by atoms with E-state index in [9.17, 15) is 9.90 Å². The number of nitrogens with one attached hydrogen (secondary N) is 2. The third-order valence-electron chi connectivity index (χ3n) is 6.62. The number of hydrogen-bond acceptors (Lipinski definition) is 9. The van der Waals surface area contributed by atoms with E-state index < -0.39 is 5.60 Å². The van der Waals surface area contributed by atoms with Gasteiger partial charge in [0.2, 0.25) is 0 Å². The first-order valence-corrected chi connectivity index (χ1v) is 12.4. The Morgan fingerprint density at radius 2 is 2.00 bits per heavy atom. The van der Waals surface area contributed by atoms with Crippen molar-refractivity contribution in [2.75, 3.05) is 32.0 Å². The summed E-state index contributed by atoms with van der Waals surface area (Å²) in [6.45, 7) is 11.7. The average Bonchev–Trinajstić information content (AvgIpc) is 3.27. The fraction of sp³-hybridized carbons (Fsp3) is 0.444. The number of nitrogens with zero attached hydrogens (tertiary/aromatic N) is 5. The number of aromatic nitrogens is 3. The van der Waals surface area contributed by atoms with Crippen LogP contribution in [0.1, 0.15) is 65.4 Å². The zero-order valence-corrected chi connectivity index (χ0v) is 22.3. The van der Waals surface area contributed by atoms with Crippen molar-refractivity contribution in [3.63, 3.8) is 0 Å². The Hall–Kier alpha value is -3.63. The number of aryl methyl sites for hydroxylation is 2. The highest BCUT2D eigenvalue weighted by atomic mass is 16.3. The molecule has 1 amide bonds. The number of oxazole rings is 1. The third-order valence-corrected chi connectivity index (χ3v) is 6.62. The Morgan fingerprint density at radius 3 is 2.62 bits per heavy atom. The standard InChI is InChI=1S/C27H35N7O3/c1-16-11-23(29-6)21(24(28)22-7-8-30-26(32-22)27(4,5)36)12-20(16)25(35)34-10-9-33(13-17(34)2)14-19-15-37-18(3)31-19/h7-8,11-12,15,17,28-29,36H,9-10,13-14H2,1-6H3. The molecular weight excluding hydrogens is 470 g/mol. The fourth-order valence-corrected chi connectivity index (χ4v) is 4.63. The monoisotopic (exact) mass is 505 g/mol. The van der Waals surface area contributed by atoms with Crippen molar-refractivity contribution in [1.82, 2.24) is 24.8 Å². The number of anilines is 1. The van der Waals surface area contributed by atoms with E-state index in [2.05, 4.69) is 32.1 Å². The van der Waals surface area contributed by atoms with Crippen LogP contribution in [0.3, 0.4) is 0 Å². The van der Waals surface area contributed by atoms with Crippen molar-refractivity contribution in [3.8, 4) is 0 Å². The van der Waals surface area contributed by atoms with Gasteiger partial charge in [-0.15, -0.1) is 0 Å². The summed E-state index contributed by atoms with van der Waals surface area (Å²) in [7, 11) is 1.78. The zero-order valence-electron chi connectivity index (χ0n) is 22.3. The van der Waals surface area contributed by atoms with Gasteiger partial charge in [-0.3, -0.25) is 15.1 Å². The molecule has 1 unspecified atom stereocenters. The summed E-state index contributed by atoms with van der Waals surface area (Å²) in [6, 6.07) is 5.31. The van der Waals surface area contributed by atoms with Gasteiger partial charge in [0, 0.05) is 69.2 Å². The number of rotatable bonds is 7. The molecule has 196 valence electrons. The SMILES string of the molecule is CNc1cc(C)c(C(=O)N2CCN(Cc3coc(C)n3)CC2C)cc1C(=N)c1ccnc(C(C)(C)O)n1. The number of amides is 1. The third kappa shape index (κ3) is 5.70. The van der Waals surface area contributed by atoms with Gasteiger partial charge in [-0.1, -0.05) is 0 Å². The molecule has 3 N–H and O–H groups in total. The largest absolute Gasteiger partial charge is 0.449 e. The van der Waals surface area contributed by atoms with Crippen molar-refractivity contribution in [3.05, 3.63) is 70.5 Å². The fourth-order valence-electron chi connectivity index (χ4n) is 4.63. The van der Waals surface area contributed by atoms with Gasteiger partial charge in [-0.05, 0) is 51.5 Å². The van der Waals surface area contributed by atoms with E-state index in [0.717, 1.165) is 30.0 Å². The molecule has 1 aliphatic heterocycles. The van der Waals surface area contributed by atoms with Gasteiger partial charge in [-0.25, -0.2) is 15.0 Å². The average molecular weight is 506 g/mol. The van der Waals surface area contributed by atoms with Gasteiger partial charge in [0.15, 0.2) is 11.7 Å². The van der Waals surface area contributed by atoms with Crippen molar-refractivity contribution in [2.24, 2.45) is 0 Å². The smallest absolute Gasteiger partial charge is 0.254 e. The van der Waals surface area contributed by atoms with Gasteiger partial charge < -0.3 is 19.7 Å². The van der Waals surface area contributed by atoms with E-state index in [1.54, 1.807) is 39.3 Å². The van der Waals surface area contributed by atoms with Gasteiger partial charge in [0.1, 0.15) is 11.9 Å². The van der Waals surface area contributed by atoms with Gasteiger partial charge in [0.05, 0.1) is 17.1 Å². The lowest BCUT2D eigenvalue weighted by Crippen LogP contribution is -2.53. The number of aliphatic hydroxyl groups is 1. The summed E-state index contributed by atoms with van der Waals surface area (Å²) in [5.41, 5.74) is 2.85. The molecule has 0 saturated carbocycles. The second-order valence-corrected chi connectivity index (χ2v) is 10.1. The van der Waals surface area contributed by atoms with Crippen LogP contribution in [0, 0.1) is 19.3 Å². The molecule has 37 heavy (non-hydrogen) atoms. The highest BCUT2D eigenvalue weighted by molar-refractivity contribution is 6.14. The summed E-state index contributed by atoms with van der Waals surface area (Å²) >= 11 is 0. The first kappa shape index (κ1) is 26.4. The Labute approximate surface area is 217 Å². The summed E-state index contributed by atoms with van der Waals surface area (Å²) in [5.74, 6) is 0.826. The molecule has 10 heteroatoms. The van der Waals surface area contributed by atoms with Gasteiger partial charge >= 0.3 is 0 Å². The van der Waals surface area contributed by atoms with Crippen LogP contribution in [-0.4, -0.2) is 74.2 Å². The van der Waals surface area contributed by atoms with Crippen molar-refractivity contribution in [1.29, 1.82) is 5.41 Å². The molecule has 0 radical (unpaired) electrons. The van der Waals surface area contributed by atoms with E-state index >= 15 is 0 Å². The first-order valence-electron chi connectivity index (χ1n) is 12.4. The Morgan fingerprint density at radius 1 is 1.24 bits per heavy atom. The lowest BCUT2D eigenvalue weighted by Gasteiger charge is -2.40. The van der Waals surface area contributed by atoms with Crippen LogP contribution in [-0.2, 0) is 12.1 Å². The maximum atomic E-state index is 13.7. The van der Waals surface area contributed by atoms with E-state index in [1.165, 1.54) is 6.20 Å². The van der Waals surface area contributed by atoms with Crippen molar-refractivity contribution in [2.45, 2.75) is 52.8 Å². The Kier molecular flexibility index (Phi) is 7.42. The number of carbonyl (C=O) groups is 1. The maximum Gasteiger partial charge on any atom is 0.254 e. The molecular formula is C27H35N7O3. The molecule has 1 fully saturated rings. The highest BCUT2D eigenvalue weighted by Crippen LogP contribution is 2.26. The molecule has 1 aromatic carbocycles. The maximum absolute atomic E-state index is 13.7. The number of hydrogen-bond donors (Lipinski definition) is 3. The quantitative estimate of drug-likeness (QED) is 0.418. The number of piperazine rings is 1. The van der Waals surface area contributed by atoms with E-state index in [1.807, 2.05) is 24.8 Å². The zero-order chi connectivity index (χ0) is 26.9. The van der Waals surface area contributed by atoms with Crippen LogP contribution in [0.25, 0.3) is 0 Å². The minimum absolute atomic E-state index is 0.0109. The van der Waals surface area contributed by atoms with Crippen LogP contribution >= 0.6 is 0 Å². The highest BCUT2D eigenvalue weighted by Gasteiger charge is 2.30. The molecule has 10 nitrogen and oxygen atoms in total. The molecule has 0 aliphatic carbocycles. The predicted octanol–water partition coefficient (Wildman–Crippen LogP) is 3.11. The molecule has 3 aromatic rings. The Bertz CT molecular complexity index is 1310. The van der Waals surface area contributed by atoms with Crippen LogP contribution in [0.5, 0.6) is 0 Å². The number of benzene rings is 1. The molecule has 1 atom stereocenters. The van der Waals surface area contributed by atoms with Crippen LogP contribution in [0.2, 0.25) is 0 Å². The number of carbonyl (C=O) groups excluding carboxylic acids is 1. The topological polar surface area (TPSA) is 131 Å². The lowest BCUT2D eigenvalue weighted by molar-refractivity contribution is 0.0472. The molecule has 0 spiro atoms. The van der Waals surface area contributed by atoms with Gasteiger partial charge in [0.25, 0.3) is 5.91 Å². The molecule has 2 aromatic heterocycles. The first-order chi connectivity index (χ1) is 17.5. The van der Waals surface area contributed by atoms with Crippen molar-refractivity contribution < 1.29 is 14.3 Å². The van der Waals surface area contributed by atoms with Crippen LogP contribution in [0.15, 0.2) is 35.1 Å². The second kappa shape index (κ2) is 10.4. The molecule has 1 saturated heterocycles. The van der Waals surface area contributed by atoms with E-state index in [0.29, 0.717) is 35.8 Å². The van der Waals surface area contributed by atoms with E-state index in [4.69, 9.17) is 9.83 Å². The molecule has 0 bridgehead atoms. The van der Waals surface area contributed by atoms with E-state index in [-0.39, 0.29) is 23.5 Å².